The van der Waals surface area contributed by atoms with E-state index < -0.39 is 24.0 Å². The molecule has 0 aliphatic rings. The molecular formula is C31H30ClN7O4. The van der Waals surface area contributed by atoms with Crippen molar-refractivity contribution in [1.82, 2.24) is 35.7 Å². The summed E-state index contributed by atoms with van der Waals surface area (Å²) in [6.45, 7) is 2.47. The molecule has 0 spiro atoms. The van der Waals surface area contributed by atoms with E-state index in [9.17, 15) is 19.8 Å². The van der Waals surface area contributed by atoms with Crippen LogP contribution in [0.1, 0.15) is 40.7 Å². The van der Waals surface area contributed by atoms with Gasteiger partial charge in [-0.1, -0.05) is 91.7 Å². The lowest BCUT2D eigenvalue weighted by Gasteiger charge is -2.21. The summed E-state index contributed by atoms with van der Waals surface area (Å²) in [6, 6.07) is 23.4. The number of carbonyl (C=O) groups is 2. The lowest BCUT2D eigenvalue weighted by Crippen LogP contribution is -2.48. The predicted molar refractivity (Wildman–Crippen MR) is 160 cm³/mol. The monoisotopic (exact) mass is 599 g/mol. The van der Waals surface area contributed by atoms with E-state index in [1.807, 2.05) is 55.5 Å². The van der Waals surface area contributed by atoms with Crippen LogP contribution in [0, 0.1) is 0 Å². The molecule has 3 aromatic carbocycles. The van der Waals surface area contributed by atoms with Crippen molar-refractivity contribution in [2.24, 2.45) is 0 Å². The van der Waals surface area contributed by atoms with Crippen molar-refractivity contribution in [3.63, 3.8) is 0 Å². The van der Waals surface area contributed by atoms with Crippen molar-refractivity contribution < 1.29 is 19.8 Å². The van der Waals surface area contributed by atoms with Gasteiger partial charge in [0.05, 0.1) is 12.6 Å². The third-order valence-electron chi connectivity index (χ3n) is 7.08. The summed E-state index contributed by atoms with van der Waals surface area (Å²) in [6.07, 6.45) is -0.269. The number of carboxylic acid groups (broad SMARTS) is 1. The van der Waals surface area contributed by atoms with Gasteiger partial charge in [-0.15, -0.1) is 5.10 Å². The number of benzene rings is 3. The number of aliphatic carboxylic acids is 1. The van der Waals surface area contributed by atoms with Crippen molar-refractivity contribution in [2.75, 3.05) is 0 Å². The molecule has 0 aliphatic carbocycles. The number of aromatic nitrogens is 6. The standard InChI is InChI=1S/C31H30ClN7O4/c1-2-7-22-17-27(30(41)33-26(28(40)31(42)43)16-21-8-3-6-11-25(21)32)36-39(22)18-19-12-14-20(15-13-19)23-9-4-5-10-24(23)29-34-37-38-35-29/h3-6,8-15,17,26,28,40H,2,7,16,18H2,1H3,(H,33,41)(H,42,43)(H,34,35,37,38). The number of aliphatic hydroxyl groups is 1. The van der Waals surface area contributed by atoms with Gasteiger partial charge < -0.3 is 15.5 Å². The first-order valence-electron chi connectivity index (χ1n) is 13.8. The van der Waals surface area contributed by atoms with Crippen LogP contribution < -0.4 is 5.32 Å². The van der Waals surface area contributed by atoms with Gasteiger partial charge in [0.25, 0.3) is 5.91 Å². The molecule has 2 heterocycles. The molecule has 5 aromatic rings. The maximum absolute atomic E-state index is 13.3. The number of hydrogen-bond acceptors (Lipinski definition) is 7. The highest BCUT2D eigenvalue weighted by Crippen LogP contribution is 2.30. The third-order valence-corrected chi connectivity index (χ3v) is 7.44. The Bertz CT molecular complexity index is 1700. The molecule has 2 atom stereocenters. The van der Waals surface area contributed by atoms with Crippen molar-refractivity contribution in [3.8, 4) is 22.5 Å². The number of aromatic amines is 1. The van der Waals surface area contributed by atoms with E-state index in [1.54, 1.807) is 35.0 Å². The van der Waals surface area contributed by atoms with Crippen molar-refractivity contribution >= 4 is 23.5 Å². The van der Waals surface area contributed by atoms with Crippen molar-refractivity contribution in [1.29, 1.82) is 0 Å². The fourth-order valence-corrected chi connectivity index (χ4v) is 5.11. The molecule has 11 nitrogen and oxygen atoms in total. The lowest BCUT2D eigenvalue weighted by atomic mass is 9.98. The minimum absolute atomic E-state index is 0.0316. The van der Waals surface area contributed by atoms with Gasteiger partial charge >= 0.3 is 5.97 Å². The van der Waals surface area contributed by atoms with Crippen LogP contribution in [0.2, 0.25) is 5.02 Å². The molecule has 5 rings (SSSR count). The highest BCUT2D eigenvalue weighted by Gasteiger charge is 2.29. The number of carboxylic acids is 1. The number of halogens is 1. The first-order chi connectivity index (χ1) is 20.8. The topological polar surface area (TPSA) is 159 Å². The zero-order valence-corrected chi connectivity index (χ0v) is 24.1. The number of aliphatic hydroxyl groups excluding tert-OH is 1. The first-order valence-corrected chi connectivity index (χ1v) is 14.2. The van der Waals surface area contributed by atoms with Crippen LogP contribution in [-0.4, -0.2) is 64.6 Å². The van der Waals surface area contributed by atoms with Gasteiger partial charge in [0.2, 0.25) is 0 Å². The Kier molecular flexibility index (Phi) is 9.23. The summed E-state index contributed by atoms with van der Waals surface area (Å²) in [7, 11) is 0. The summed E-state index contributed by atoms with van der Waals surface area (Å²) in [5.41, 5.74) is 5.44. The van der Waals surface area contributed by atoms with Gasteiger partial charge in [0.15, 0.2) is 11.9 Å². The fraction of sp³-hybridized carbons (Fsp3) is 0.226. The quantitative estimate of drug-likeness (QED) is 0.166. The number of H-pyrrole nitrogens is 1. The number of nitrogens with one attached hydrogen (secondary N) is 2. The second kappa shape index (κ2) is 13.4. The van der Waals surface area contributed by atoms with Crippen LogP contribution in [0.3, 0.4) is 0 Å². The Hall–Kier alpha value is -4.87. The largest absolute Gasteiger partial charge is 0.479 e. The fourth-order valence-electron chi connectivity index (χ4n) is 4.89. The minimum Gasteiger partial charge on any atom is -0.479 e. The van der Waals surface area contributed by atoms with Crippen LogP contribution in [0.5, 0.6) is 0 Å². The van der Waals surface area contributed by atoms with E-state index in [4.69, 9.17) is 11.6 Å². The predicted octanol–water partition coefficient (Wildman–Crippen LogP) is 4.17. The number of tetrazole rings is 1. The van der Waals surface area contributed by atoms with Gasteiger partial charge in [-0.2, -0.15) is 5.10 Å². The summed E-state index contributed by atoms with van der Waals surface area (Å²) >= 11 is 6.25. The Morgan fingerprint density at radius 3 is 2.42 bits per heavy atom. The normalized spacial score (nSPS) is 12.5. The second-order valence-corrected chi connectivity index (χ2v) is 10.5. The van der Waals surface area contributed by atoms with E-state index in [1.165, 1.54) is 0 Å². The molecule has 0 aliphatic heterocycles. The van der Waals surface area contributed by atoms with Crippen LogP contribution >= 0.6 is 11.6 Å². The number of carbonyl (C=O) groups excluding carboxylic acids is 1. The van der Waals surface area contributed by atoms with Crippen LogP contribution in [0.4, 0.5) is 0 Å². The molecule has 2 unspecified atom stereocenters. The zero-order chi connectivity index (χ0) is 30.3. The van der Waals surface area contributed by atoms with E-state index >= 15 is 0 Å². The van der Waals surface area contributed by atoms with Gasteiger partial charge in [-0.25, -0.2) is 9.89 Å². The summed E-state index contributed by atoms with van der Waals surface area (Å²) in [5, 5.41) is 41.7. The molecule has 220 valence electrons. The van der Waals surface area contributed by atoms with Crippen LogP contribution in [0.25, 0.3) is 22.5 Å². The Morgan fingerprint density at radius 1 is 1.02 bits per heavy atom. The molecule has 0 fully saturated rings. The zero-order valence-electron chi connectivity index (χ0n) is 23.3. The van der Waals surface area contributed by atoms with E-state index in [0.717, 1.165) is 34.4 Å². The molecule has 12 heteroatoms. The Balaban J connectivity index is 1.35. The average Bonchev–Trinajstić information content (AvgIpc) is 3.69. The van der Waals surface area contributed by atoms with E-state index in [2.05, 4.69) is 31.0 Å². The smallest absolute Gasteiger partial charge is 0.334 e. The van der Waals surface area contributed by atoms with Gasteiger partial charge in [-0.05, 0) is 57.7 Å². The molecule has 4 N–H and O–H groups in total. The third kappa shape index (κ3) is 6.96. The molecular weight excluding hydrogens is 570 g/mol. The van der Waals surface area contributed by atoms with Gasteiger partial charge in [0.1, 0.15) is 5.69 Å². The van der Waals surface area contributed by atoms with Gasteiger partial charge in [0, 0.05) is 16.3 Å². The number of hydrogen-bond donors (Lipinski definition) is 4. The van der Waals surface area contributed by atoms with Gasteiger partial charge in [-0.3, -0.25) is 9.48 Å². The lowest BCUT2D eigenvalue weighted by molar-refractivity contribution is -0.148. The highest BCUT2D eigenvalue weighted by molar-refractivity contribution is 6.31. The Morgan fingerprint density at radius 2 is 1.74 bits per heavy atom. The summed E-state index contributed by atoms with van der Waals surface area (Å²) < 4.78 is 1.78. The molecule has 1 amide bonds. The maximum Gasteiger partial charge on any atom is 0.334 e. The van der Waals surface area contributed by atoms with Crippen LogP contribution in [0.15, 0.2) is 78.9 Å². The number of nitrogens with zero attached hydrogens (tertiary/aromatic N) is 5. The number of amides is 1. The Labute approximate surface area is 252 Å². The first kappa shape index (κ1) is 29.6. The molecule has 0 radical (unpaired) electrons. The van der Waals surface area contributed by atoms with Crippen LogP contribution in [-0.2, 0) is 24.2 Å². The molecule has 0 saturated heterocycles. The number of aryl methyl sites for hydroxylation is 1. The second-order valence-electron chi connectivity index (χ2n) is 10.1. The molecule has 2 aromatic heterocycles. The molecule has 0 bridgehead atoms. The number of rotatable bonds is 12. The summed E-state index contributed by atoms with van der Waals surface area (Å²) in [4.78, 5) is 24.9. The summed E-state index contributed by atoms with van der Waals surface area (Å²) in [5.74, 6) is -1.45. The maximum atomic E-state index is 13.3. The minimum atomic E-state index is -1.83. The van der Waals surface area contributed by atoms with E-state index in [-0.39, 0.29) is 12.1 Å². The van der Waals surface area contributed by atoms with Crippen molar-refractivity contribution in [2.45, 2.75) is 44.9 Å². The highest BCUT2D eigenvalue weighted by atomic mass is 35.5. The molecule has 0 saturated carbocycles. The molecule has 43 heavy (non-hydrogen) atoms. The SMILES string of the molecule is CCCc1cc(C(=O)NC(Cc2ccccc2Cl)C(O)C(=O)O)nn1Cc1ccc(-c2ccccc2-c2nnn[nH]2)cc1. The van der Waals surface area contributed by atoms with Crippen molar-refractivity contribution in [3.05, 3.63) is 106 Å². The average molecular weight is 600 g/mol. The van der Waals surface area contributed by atoms with E-state index in [0.29, 0.717) is 29.4 Å².